The van der Waals surface area contributed by atoms with Gasteiger partial charge in [-0.25, -0.2) is 4.98 Å². The van der Waals surface area contributed by atoms with Crippen molar-refractivity contribution in [3.05, 3.63) is 58.7 Å². The van der Waals surface area contributed by atoms with Crippen LogP contribution >= 0.6 is 11.6 Å². The minimum absolute atomic E-state index is 0.265. The van der Waals surface area contributed by atoms with E-state index in [4.69, 9.17) is 16.3 Å². The molecule has 0 saturated carbocycles. The zero-order valence-electron chi connectivity index (χ0n) is 10.4. The van der Waals surface area contributed by atoms with E-state index in [9.17, 15) is 4.79 Å². The highest BCUT2D eigenvalue weighted by atomic mass is 35.5. The van der Waals surface area contributed by atoms with Crippen molar-refractivity contribution in [1.82, 2.24) is 10.3 Å². The highest BCUT2D eigenvalue weighted by Gasteiger charge is 2.08. The molecule has 0 aliphatic rings. The van der Waals surface area contributed by atoms with Gasteiger partial charge < -0.3 is 10.1 Å². The third kappa shape index (κ3) is 3.45. The summed E-state index contributed by atoms with van der Waals surface area (Å²) in [6, 6.07) is 12.4. The molecule has 2 aromatic rings. The van der Waals surface area contributed by atoms with Crippen molar-refractivity contribution in [1.29, 1.82) is 0 Å². The third-order valence-corrected chi connectivity index (χ3v) is 2.93. The largest absolute Gasteiger partial charge is 0.481 e. The summed E-state index contributed by atoms with van der Waals surface area (Å²) in [7, 11) is 1.51. The number of halogens is 1. The van der Waals surface area contributed by atoms with E-state index in [0.717, 1.165) is 5.56 Å². The molecule has 0 atom stereocenters. The van der Waals surface area contributed by atoms with E-state index in [1.54, 1.807) is 24.3 Å². The molecule has 0 fully saturated rings. The molecule has 19 heavy (non-hydrogen) atoms. The van der Waals surface area contributed by atoms with Crippen molar-refractivity contribution in [3.8, 4) is 5.88 Å². The number of ether oxygens (including phenoxy) is 1. The van der Waals surface area contributed by atoms with E-state index >= 15 is 0 Å². The van der Waals surface area contributed by atoms with E-state index in [-0.39, 0.29) is 5.91 Å². The molecular weight excluding hydrogens is 264 g/mol. The second-order valence-electron chi connectivity index (χ2n) is 3.84. The van der Waals surface area contributed by atoms with Crippen molar-refractivity contribution in [2.75, 3.05) is 7.11 Å². The lowest BCUT2D eigenvalue weighted by atomic mass is 10.2. The zero-order valence-corrected chi connectivity index (χ0v) is 11.1. The molecular formula is C14H13ClN2O2. The summed E-state index contributed by atoms with van der Waals surface area (Å²) in [5, 5.41) is 3.39. The average Bonchev–Trinajstić information content (AvgIpc) is 2.46. The average molecular weight is 277 g/mol. The van der Waals surface area contributed by atoms with Crippen LogP contribution in [0.4, 0.5) is 0 Å². The van der Waals surface area contributed by atoms with Gasteiger partial charge in [-0.05, 0) is 17.7 Å². The Morgan fingerprint density at radius 3 is 2.79 bits per heavy atom. The van der Waals surface area contributed by atoms with Crippen molar-refractivity contribution >= 4 is 17.5 Å². The molecule has 1 heterocycles. The van der Waals surface area contributed by atoms with Crippen LogP contribution in [-0.2, 0) is 6.54 Å². The molecule has 0 spiro atoms. The molecule has 1 aromatic heterocycles. The van der Waals surface area contributed by atoms with E-state index < -0.39 is 0 Å². The van der Waals surface area contributed by atoms with Crippen molar-refractivity contribution in [2.24, 2.45) is 0 Å². The van der Waals surface area contributed by atoms with Crippen molar-refractivity contribution in [2.45, 2.75) is 6.54 Å². The highest BCUT2D eigenvalue weighted by Crippen LogP contribution is 2.14. The number of rotatable bonds is 4. The first kappa shape index (κ1) is 13.4. The second-order valence-corrected chi connectivity index (χ2v) is 4.25. The Balaban J connectivity index is 2.03. The Bertz CT molecular complexity index is 587. The fourth-order valence-electron chi connectivity index (χ4n) is 1.56. The van der Waals surface area contributed by atoms with Gasteiger partial charge in [-0.2, -0.15) is 0 Å². The number of methoxy groups -OCH3 is 1. The Hall–Kier alpha value is -2.07. The maximum atomic E-state index is 11.9. The summed E-state index contributed by atoms with van der Waals surface area (Å²) < 4.78 is 4.97. The molecule has 4 nitrogen and oxygen atoms in total. The molecule has 98 valence electrons. The smallest absolute Gasteiger partial charge is 0.270 e. The van der Waals surface area contributed by atoms with Gasteiger partial charge in [-0.1, -0.05) is 35.9 Å². The Kier molecular flexibility index (Phi) is 4.36. The molecule has 0 unspecified atom stereocenters. The van der Waals surface area contributed by atoms with Gasteiger partial charge in [0.25, 0.3) is 5.91 Å². The van der Waals surface area contributed by atoms with Crippen LogP contribution in [0.25, 0.3) is 0 Å². The summed E-state index contributed by atoms with van der Waals surface area (Å²) in [4.78, 5) is 16.0. The summed E-state index contributed by atoms with van der Waals surface area (Å²) in [5.41, 5.74) is 1.17. The van der Waals surface area contributed by atoms with E-state index in [1.165, 1.54) is 7.11 Å². The van der Waals surface area contributed by atoms with E-state index in [2.05, 4.69) is 10.3 Å². The predicted octanol–water partition coefficient (Wildman–Crippen LogP) is 2.67. The number of hydrogen-bond acceptors (Lipinski definition) is 3. The SMILES string of the molecule is COc1cccc(C(=O)NCc2ccccc2Cl)n1. The molecule has 0 bridgehead atoms. The lowest BCUT2D eigenvalue weighted by molar-refractivity contribution is 0.0945. The number of nitrogens with zero attached hydrogens (tertiary/aromatic N) is 1. The lowest BCUT2D eigenvalue weighted by Gasteiger charge is -2.07. The lowest BCUT2D eigenvalue weighted by Crippen LogP contribution is -2.24. The van der Waals surface area contributed by atoms with Crippen LogP contribution in [0, 0.1) is 0 Å². The normalized spacial score (nSPS) is 10.0. The first-order chi connectivity index (χ1) is 9.20. The number of aromatic nitrogens is 1. The Morgan fingerprint density at radius 2 is 2.05 bits per heavy atom. The first-order valence-electron chi connectivity index (χ1n) is 5.73. The number of pyridine rings is 1. The van der Waals surface area contributed by atoms with Gasteiger partial charge in [-0.15, -0.1) is 0 Å². The van der Waals surface area contributed by atoms with Gasteiger partial charge in [0.2, 0.25) is 5.88 Å². The molecule has 1 N–H and O–H groups in total. The van der Waals surface area contributed by atoms with Gasteiger partial charge in [0.1, 0.15) is 5.69 Å². The molecule has 5 heteroatoms. The molecule has 0 saturated heterocycles. The quantitative estimate of drug-likeness (QED) is 0.934. The maximum absolute atomic E-state index is 11.9. The van der Waals surface area contributed by atoms with Gasteiger partial charge in [0.15, 0.2) is 0 Å². The standard InChI is InChI=1S/C14H13ClN2O2/c1-19-13-8-4-7-12(17-13)14(18)16-9-10-5-2-3-6-11(10)15/h2-8H,9H2,1H3,(H,16,18). The molecule has 0 aliphatic heterocycles. The van der Waals surface area contributed by atoms with Gasteiger partial charge >= 0.3 is 0 Å². The topological polar surface area (TPSA) is 51.2 Å². The Morgan fingerprint density at radius 1 is 1.26 bits per heavy atom. The van der Waals surface area contributed by atoms with Crippen LogP contribution < -0.4 is 10.1 Å². The molecule has 0 radical (unpaired) electrons. The van der Waals surface area contributed by atoms with Gasteiger partial charge in [0, 0.05) is 17.6 Å². The van der Waals surface area contributed by atoms with Crippen molar-refractivity contribution in [3.63, 3.8) is 0 Å². The van der Waals surface area contributed by atoms with Gasteiger partial charge in [-0.3, -0.25) is 4.79 Å². The van der Waals surface area contributed by atoms with Gasteiger partial charge in [0.05, 0.1) is 7.11 Å². The van der Waals surface area contributed by atoms with Crippen LogP contribution in [0.2, 0.25) is 5.02 Å². The van der Waals surface area contributed by atoms with Crippen LogP contribution in [0.1, 0.15) is 16.1 Å². The van der Waals surface area contributed by atoms with E-state index in [0.29, 0.717) is 23.1 Å². The molecule has 1 amide bonds. The predicted molar refractivity (Wildman–Crippen MR) is 73.4 cm³/mol. The highest BCUT2D eigenvalue weighted by molar-refractivity contribution is 6.31. The number of nitrogens with one attached hydrogen (secondary N) is 1. The molecule has 1 aromatic carbocycles. The number of benzene rings is 1. The summed E-state index contributed by atoms with van der Waals surface area (Å²) in [6.45, 7) is 0.359. The van der Waals surface area contributed by atoms with Crippen LogP contribution in [0.5, 0.6) is 5.88 Å². The minimum atomic E-state index is -0.265. The molecule has 2 rings (SSSR count). The summed E-state index contributed by atoms with van der Waals surface area (Å²) in [5.74, 6) is 0.143. The van der Waals surface area contributed by atoms with E-state index in [1.807, 2.05) is 18.2 Å². The number of hydrogen-bond donors (Lipinski definition) is 1. The fourth-order valence-corrected chi connectivity index (χ4v) is 1.77. The maximum Gasteiger partial charge on any atom is 0.270 e. The van der Waals surface area contributed by atoms with Crippen LogP contribution in [0.15, 0.2) is 42.5 Å². The monoisotopic (exact) mass is 276 g/mol. The third-order valence-electron chi connectivity index (χ3n) is 2.56. The first-order valence-corrected chi connectivity index (χ1v) is 6.11. The Labute approximate surface area is 116 Å². The fraction of sp³-hybridized carbons (Fsp3) is 0.143. The molecule has 0 aliphatic carbocycles. The number of carbonyl (C=O) groups excluding carboxylic acids is 1. The number of carbonyl (C=O) groups is 1. The van der Waals surface area contributed by atoms with Crippen LogP contribution in [0.3, 0.4) is 0 Å². The minimum Gasteiger partial charge on any atom is -0.481 e. The number of amides is 1. The van der Waals surface area contributed by atoms with Crippen molar-refractivity contribution < 1.29 is 9.53 Å². The second kappa shape index (κ2) is 6.20. The summed E-state index contributed by atoms with van der Waals surface area (Å²) >= 11 is 6.01. The van der Waals surface area contributed by atoms with Crippen LogP contribution in [-0.4, -0.2) is 18.0 Å². The zero-order chi connectivity index (χ0) is 13.7. The summed E-state index contributed by atoms with van der Waals surface area (Å²) in [6.07, 6.45) is 0.